The van der Waals surface area contributed by atoms with Crippen molar-refractivity contribution in [3.63, 3.8) is 0 Å². The van der Waals surface area contributed by atoms with Crippen LogP contribution in [0.3, 0.4) is 0 Å². The first-order chi connectivity index (χ1) is 14.4. The SMILES string of the molecule is [2H]c1nc2ncn(C)c2c(=O)n1Cc1nn([C@H]2C[C@H](c3ccc(Cl)cc3)C2)c(=O)o1. The summed E-state index contributed by atoms with van der Waals surface area (Å²) in [5, 5.41) is 4.95. The predicted octanol–water partition coefficient (Wildman–Crippen LogP) is 2.10. The van der Waals surface area contributed by atoms with Crippen LogP contribution in [-0.4, -0.2) is 28.9 Å². The summed E-state index contributed by atoms with van der Waals surface area (Å²) in [5.41, 5.74) is 1.22. The third-order valence-corrected chi connectivity index (χ3v) is 5.60. The molecule has 9 nitrogen and oxygen atoms in total. The minimum Gasteiger partial charge on any atom is -0.390 e. The highest BCUT2D eigenvalue weighted by atomic mass is 35.5. The number of hydrogen-bond donors (Lipinski definition) is 0. The van der Waals surface area contributed by atoms with Gasteiger partial charge in [0.15, 0.2) is 11.2 Å². The van der Waals surface area contributed by atoms with Gasteiger partial charge in [0.05, 0.1) is 12.4 Å². The topological polar surface area (TPSA) is 101 Å². The molecule has 1 aliphatic carbocycles. The van der Waals surface area contributed by atoms with Crippen LogP contribution in [0, 0.1) is 0 Å². The van der Waals surface area contributed by atoms with Crippen LogP contribution in [0.2, 0.25) is 5.02 Å². The van der Waals surface area contributed by atoms with Crippen molar-refractivity contribution in [2.75, 3.05) is 0 Å². The van der Waals surface area contributed by atoms with E-state index in [2.05, 4.69) is 15.1 Å². The van der Waals surface area contributed by atoms with Crippen LogP contribution < -0.4 is 11.3 Å². The van der Waals surface area contributed by atoms with E-state index in [1.807, 2.05) is 24.3 Å². The smallest absolute Gasteiger partial charge is 0.390 e. The van der Waals surface area contributed by atoms with Gasteiger partial charge in [0.1, 0.15) is 14.2 Å². The lowest BCUT2D eigenvalue weighted by Crippen LogP contribution is -2.31. The maximum Gasteiger partial charge on any atom is 0.437 e. The van der Waals surface area contributed by atoms with E-state index in [1.54, 1.807) is 11.6 Å². The average Bonchev–Trinajstić information content (AvgIpc) is 3.22. The molecule has 1 aromatic carbocycles. The standard InChI is InChI=1S/C19H17ClN6O3/c1-24-9-21-17-16(24)18(27)25(10-22-17)8-15-23-26(19(28)29-15)14-6-12(7-14)11-2-4-13(20)5-3-11/h2-5,9-10,12,14H,6-8H2,1H3/t12-,14-/i10D. The van der Waals surface area contributed by atoms with Crippen LogP contribution in [0.1, 0.15) is 37.6 Å². The van der Waals surface area contributed by atoms with Crippen LogP contribution in [-0.2, 0) is 13.6 Å². The van der Waals surface area contributed by atoms with Crippen molar-refractivity contribution in [2.24, 2.45) is 7.05 Å². The Morgan fingerprint density at radius 3 is 2.76 bits per heavy atom. The van der Waals surface area contributed by atoms with Crippen molar-refractivity contribution < 1.29 is 5.79 Å². The molecule has 3 heterocycles. The van der Waals surface area contributed by atoms with E-state index in [-0.39, 0.29) is 35.9 Å². The first-order valence-corrected chi connectivity index (χ1v) is 9.51. The van der Waals surface area contributed by atoms with Gasteiger partial charge in [-0.3, -0.25) is 9.36 Å². The number of aromatic nitrogens is 6. The third-order valence-electron chi connectivity index (χ3n) is 5.35. The van der Waals surface area contributed by atoms with E-state index in [9.17, 15) is 9.59 Å². The summed E-state index contributed by atoms with van der Waals surface area (Å²) >= 11 is 5.93. The van der Waals surface area contributed by atoms with Crippen LogP contribution >= 0.6 is 11.6 Å². The normalized spacial score (nSPS) is 19.3. The molecular weight excluding hydrogens is 396 g/mol. The largest absolute Gasteiger partial charge is 0.437 e. The minimum absolute atomic E-state index is 0.0638. The fourth-order valence-electron chi connectivity index (χ4n) is 3.69. The van der Waals surface area contributed by atoms with Crippen molar-refractivity contribution in [1.82, 2.24) is 28.9 Å². The Bertz CT molecular complexity index is 1360. The molecule has 1 aliphatic rings. The van der Waals surface area contributed by atoms with Gasteiger partial charge in [-0.25, -0.2) is 14.8 Å². The predicted molar refractivity (Wildman–Crippen MR) is 105 cm³/mol. The van der Waals surface area contributed by atoms with Gasteiger partial charge in [0.2, 0.25) is 5.89 Å². The molecule has 0 bridgehead atoms. The maximum atomic E-state index is 12.7. The quantitative estimate of drug-likeness (QED) is 0.508. The van der Waals surface area contributed by atoms with E-state index in [4.69, 9.17) is 17.4 Å². The van der Waals surface area contributed by atoms with E-state index >= 15 is 0 Å². The lowest BCUT2D eigenvalue weighted by atomic mass is 9.76. The average molecular weight is 414 g/mol. The number of aryl methyl sites for hydroxylation is 1. The van der Waals surface area contributed by atoms with Crippen LogP contribution in [0.5, 0.6) is 0 Å². The molecular formula is C19H17ClN6O3. The van der Waals surface area contributed by atoms with E-state index < -0.39 is 11.3 Å². The summed E-state index contributed by atoms with van der Waals surface area (Å²) in [6, 6.07) is 7.62. The second-order valence-corrected chi connectivity index (χ2v) is 7.65. The molecule has 29 heavy (non-hydrogen) atoms. The number of halogens is 1. The van der Waals surface area contributed by atoms with Crippen molar-refractivity contribution in [3.8, 4) is 0 Å². The fraction of sp³-hybridized carbons (Fsp3) is 0.316. The summed E-state index contributed by atoms with van der Waals surface area (Å²) in [7, 11) is 1.68. The molecule has 148 valence electrons. The zero-order valence-corrected chi connectivity index (χ0v) is 16.2. The van der Waals surface area contributed by atoms with Gasteiger partial charge in [-0.2, -0.15) is 4.68 Å². The Hall–Kier alpha value is -3.20. The molecule has 0 amide bonds. The molecule has 1 saturated carbocycles. The lowest BCUT2D eigenvalue weighted by molar-refractivity contribution is 0.233. The molecule has 3 aromatic heterocycles. The maximum absolute atomic E-state index is 12.7. The van der Waals surface area contributed by atoms with Crippen LogP contribution in [0.4, 0.5) is 0 Å². The van der Waals surface area contributed by atoms with Crippen molar-refractivity contribution in [1.29, 1.82) is 0 Å². The Balaban J connectivity index is 1.38. The number of rotatable bonds is 4. The minimum atomic E-state index is -0.571. The molecule has 0 unspecified atom stereocenters. The summed E-state index contributed by atoms with van der Waals surface area (Å²) in [4.78, 5) is 33.1. The molecule has 0 N–H and O–H groups in total. The Morgan fingerprint density at radius 2 is 2.00 bits per heavy atom. The van der Waals surface area contributed by atoms with Gasteiger partial charge >= 0.3 is 5.76 Å². The molecule has 0 saturated heterocycles. The molecule has 0 aliphatic heterocycles. The zero-order chi connectivity index (χ0) is 21.0. The highest BCUT2D eigenvalue weighted by Gasteiger charge is 2.34. The first kappa shape index (κ1) is 16.7. The molecule has 0 atom stereocenters. The van der Waals surface area contributed by atoms with Crippen molar-refractivity contribution in [2.45, 2.75) is 31.3 Å². The second-order valence-electron chi connectivity index (χ2n) is 7.21. The van der Waals surface area contributed by atoms with Gasteiger partial charge in [-0.15, -0.1) is 5.10 Å². The fourth-order valence-corrected chi connectivity index (χ4v) is 3.81. The first-order valence-electron chi connectivity index (χ1n) is 9.63. The van der Waals surface area contributed by atoms with Gasteiger partial charge < -0.3 is 8.98 Å². The molecule has 0 radical (unpaired) electrons. The number of benzene rings is 1. The van der Waals surface area contributed by atoms with Gasteiger partial charge in [0.25, 0.3) is 5.56 Å². The van der Waals surface area contributed by atoms with E-state index in [0.717, 1.165) is 17.4 Å². The Labute approximate surface area is 170 Å². The summed E-state index contributed by atoms with van der Waals surface area (Å²) < 4.78 is 17.2. The number of nitrogens with zero attached hydrogens (tertiary/aromatic N) is 6. The van der Waals surface area contributed by atoms with Crippen molar-refractivity contribution >= 4 is 22.8 Å². The van der Waals surface area contributed by atoms with Gasteiger partial charge in [-0.1, -0.05) is 23.7 Å². The third kappa shape index (κ3) is 3.07. The molecule has 1 fully saturated rings. The monoisotopic (exact) mass is 413 g/mol. The highest BCUT2D eigenvalue weighted by molar-refractivity contribution is 6.30. The van der Waals surface area contributed by atoms with E-state index in [1.165, 1.54) is 16.6 Å². The molecule has 5 rings (SSSR count). The van der Waals surface area contributed by atoms with Crippen LogP contribution in [0.25, 0.3) is 11.2 Å². The Kier molecular flexibility index (Phi) is 3.86. The summed E-state index contributed by atoms with van der Waals surface area (Å²) in [5.74, 6) is -0.175. The van der Waals surface area contributed by atoms with E-state index in [0.29, 0.717) is 10.9 Å². The van der Waals surface area contributed by atoms with Gasteiger partial charge in [-0.05, 0) is 36.5 Å². The molecule has 10 heteroatoms. The highest BCUT2D eigenvalue weighted by Crippen LogP contribution is 2.43. The number of hydrogen-bond acceptors (Lipinski definition) is 6. The van der Waals surface area contributed by atoms with Gasteiger partial charge in [0, 0.05) is 12.1 Å². The second kappa shape index (κ2) is 6.70. The molecule has 4 aromatic rings. The number of imidazole rings is 1. The molecule has 0 spiro atoms. The summed E-state index contributed by atoms with van der Waals surface area (Å²) in [6.07, 6.45) is 2.72. The summed E-state index contributed by atoms with van der Waals surface area (Å²) in [6.45, 7) is -0.151. The zero-order valence-electron chi connectivity index (χ0n) is 16.4. The Morgan fingerprint density at radius 1 is 1.24 bits per heavy atom. The lowest BCUT2D eigenvalue weighted by Gasteiger charge is -2.34. The van der Waals surface area contributed by atoms with Crippen molar-refractivity contribution in [3.05, 3.63) is 74.3 Å². The number of fused-ring (bicyclic) bond motifs is 1. The van der Waals surface area contributed by atoms with Crippen LogP contribution in [0.15, 0.2) is 50.9 Å².